The van der Waals surface area contributed by atoms with E-state index < -0.39 is 34.5 Å². The Bertz CT molecular complexity index is 825. The van der Waals surface area contributed by atoms with Crippen LogP contribution < -0.4 is 14.2 Å². The molecule has 0 spiro atoms. The van der Waals surface area contributed by atoms with E-state index in [1.54, 1.807) is 0 Å². The van der Waals surface area contributed by atoms with Gasteiger partial charge >= 0.3 is 10.5 Å². The summed E-state index contributed by atoms with van der Waals surface area (Å²) < 4.78 is 70.4. The minimum absolute atomic E-state index is 0.224. The highest BCUT2D eigenvalue weighted by Crippen LogP contribution is 2.97. The summed E-state index contributed by atoms with van der Waals surface area (Å²) in [6, 6.07) is 9.55. The Hall–Kier alpha value is -2.82. The van der Waals surface area contributed by atoms with Gasteiger partial charge in [0.05, 0.1) is 5.69 Å². The fourth-order valence-electron chi connectivity index (χ4n) is 1.79. The Morgan fingerprint density at radius 3 is 2.19 bits per heavy atom. The van der Waals surface area contributed by atoms with Crippen LogP contribution in [0.25, 0.3) is 0 Å². The second-order valence-corrected chi connectivity index (χ2v) is 6.96. The first-order valence-corrected chi connectivity index (χ1v) is 8.74. The topological polar surface area (TPSA) is 64.6 Å². The summed E-state index contributed by atoms with van der Waals surface area (Å²) in [7, 11) is -10.2. The average molecular weight is 397 g/mol. The number of amides is 1. The van der Waals surface area contributed by atoms with Crippen LogP contribution in [0.2, 0.25) is 0 Å². The average Bonchev–Trinajstić information content (AvgIpc) is 2.53. The molecule has 0 saturated heterocycles. The first-order valence-electron chi connectivity index (χ1n) is 6.87. The van der Waals surface area contributed by atoms with E-state index in [2.05, 4.69) is 4.18 Å². The smallest absolute Gasteiger partial charge is 0.435 e. The predicted molar refractivity (Wildman–Crippen MR) is 86.2 cm³/mol. The Labute approximate surface area is 144 Å². The molecular weight excluding hydrogens is 385 g/mol. The Balaban J connectivity index is 2.04. The maximum atomic E-state index is 12.5. The first-order chi connectivity index (χ1) is 11.8. The Morgan fingerprint density at radius 2 is 1.62 bits per heavy atom. The highest BCUT2D eigenvalue weighted by atomic mass is 32.5. The van der Waals surface area contributed by atoms with Crippen molar-refractivity contribution in [1.29, 1.82) is 0 Å². The van der Waals surface area contributed by atoms with Gasteiger partial charge in [0.25, 0.3) is 5.91 Å². The molecule has 0 unspecified atom stereocenters. The third-order valence-corrected chi connectivity index (χ3v) is 3.29. The standard InChI is InChI=1S/C15H12F5NO4S/c16-26(17,18,19,20)25-14-4-2-1-3-13(14)21-15(23)10-24-12-7-5-11(9-22)6-8-12/h1-9H,10H2,(H,21,23). The fraction of sp³-hybridized carbons (Fsp3) is 0.0667. The van der Waals surface area contributed by atoms with Gasteiger partial charge < -0.3 is 14.2 Å². The maximum Gasteiger partial charge on any atom is 0.435 e. The van der Waals surface area contributed by atoms with Crippen molar-refractivity contribution in [2.45, 2.75) is 0 Å². The van der Waals surface area contributed by atoms with Crippen molar-refractivity contribution in [3.63, 3.8) is 0 Å². The molecule has 2 aromatic carbocycles. The van der Waals surface area contributed by atoms with E-state index in [9.17, 15) is 29.0 Å². The number of hydrogen-bond acceptors (Lipinski definition) is 4. The number of aldehydes is 1. The van der Waals surface area contributed by atoms with Crippen LogP contribution in [0.1, 0.15) is 10.4 Å². The van der Waals surface area contributed by atoms with Gasteiger partial charge in [-0.05, 0) is 36.4 Å². The molecule has 0 aliphatic carbocycles. The molecule has 0 fully saturated rings. The number of nitrogens with one attached hydrogen (secondary N) is 1. The second-order valence-electron chi connectivity index (χ2n) is 5.00. The van der Waals surface area contributed by atoms with Gasteiger partial charge in [0.2, 0.25) is 0 Å². The van der Waals surface area contributed by atoms with Crippen LogP contribution in [0.15, 0.2) is 48.5 Å². The van der Waals surface area contributed by atoms with Crippen molar-refractivity contribution >= 4 is 28.4 Å². The van der Waals surface area contributed by atoms with Crippen LogP contribution >= 0.6 is 10.5 Å². The molecule has 1 amide bonds. The number of benzene rings is 2. The van der Waals surface area contributed by atoms with Crippen LogP contribution in [0.3, 0.4) is 0 Å². The summed E-state index contributed by atoms with van der Waals surface area (Å²) in [6.07, 6.45) is 0.603. The van der Waals surface area contributed by atoms with E-state index >= 15 is 0 Å². The number of hydrogen-bond donors (Lipinski definition) is 1. The lowest BCUT2D eigenvalue weighted by Crippen LogP contribution is -2.21. The largest absolute Gasteiger partial charge is 0.484 e. The molecule has 26 heavy (non-hydrogen) atoms. The third-order valence-electron chi connectivity index (χ3n) is 2.79. The normalized spacial score (nSPS) is 13.9. The molecule has 0 radical (unpaired) electrons. The number of rotatable bonds is 7. The summed E-state index contributed by atoms with van der Waals surface area (Å²) in [4.78, 5) is 22.3. The van der Waals surface area contributed by atoms with Crippen LogP contribution in [0.4, 0.5) is 25.1 Å². The summed E-state index contributed by atoms with van der Waals surface area (Å²) in [5.74, 6) is -1.92. The van der Waals surface area contributed by atoms with Gasteiger partial charge in [0.1, 0.15) is 12.0 Å². The minimum atomic E-state index is -10.2. The van der Waals surface area contributed by atoms with Gasteiger partial charge in [0, 0.05) is 5.56 Å². The Kier molecular flexibility index (Phi) is 4.62. The third kappa shape index (κ3) is 6.59. The molecule has 0 saturated carbocycles. The number of carbonyl (C=O) groups excluding carboxylic acids is 2. The molecule has 11 heteroatoms. The molecule has 0 heterocycles. The zero-order chi connectivity index (χ0) is 19.5. The lowest BCUT2D eigenvalue weighted by atomic mass is 10.2. The van der Waals surface area contributed by atoms with Crippen LogP contribution in [-0.2, 0) is 4.79 Å². The highest BCUT2D eigenvalue weighted by molar-refractivity contribution is 8.42. The van der Waals surface area contributed by atoms with Gasteiger partial charge in [-0.1, -0.05) is 31.6 Å². The summed E-state index contributed by atoms with van der Waals surface area (Å²) in [5.41, 5.74) is -0.213. The van der Waals surface area contributed by atoms with Crippen molar-refractivity contribution in [3.8, 4) is 11.5 Å². The summed E-state index contributed by atoms with van der Waals surface area (Å²) >= 11 is 0. The SMILES string of the molecule is O=Cc1ccc(OCC(=O)Nc2ccccc2OS(F)(F)(F)(F)F)cc1. The number of carbonyl (C=O) groups is 2. The van der Waals surface area contributed by atoms with Crippen molar-refractivity contribution in [2.24, 2.45) is 0 Å². The van der Waals surface area contributed by atoms with E-state index in [1.807, 2.05) is 5.32 Å². The second kappa shape index (κ2) is 6.16. The van der Waals surface area contributed by atoms with Gasteiger partial charge in [-0.3, -0.25) is 9.59 Å². The zero-order valence-corrected chi connectivity index (χ0v) is 13.7. The molecule has 0 atom stereocenters. The van der Waals surface area contributed by atoms with Crippen LogP contribution in [0, 0.1) is 0 Å². The van der Waals surface area contributed by atoms with Gasteiger partial charge in [0.15, 0.2) is 12.4 Å². The van der Waals surface area contributed by atoms with Crippen LogP contribution in [-0.4, -0.2) is 18.8 Å². The molecule has 0 aliphatic heterocycles. The minimum Gasteiger partial charge on any atom is -0.484 e. The van der Waals surface area contributed by atoms with Crippen molar-refractivity contribution < 1.29 is 37.9 Å². The van der Waals surface area contributed by atoms with E-state index in [0.29, 0.717) is 17.9 Å². The monoisotopic (exact) mass is 397 g/mol. The first kappa shape index (κ1) is 19.5. The Morgan fingerprint density at radius 1 is 1.00 bits per heavy atom. The van der Waals surface area contributed by atoms with Gasteiger partial charge in [-0.15, -0.1) is 0 Å². The van der Waals surface area contributed by atoms with E-state index in [0.717, 1.165) is 12.1 Å². The molecule has 5 nitrogen and oxygen atoms in total. The predicted octanol–water partition coefficient (Wildman–Crippen LogP) is 5.11. The lowest BCUT2D eigenvalue weighted by molar-refractivity contribution is -0.118. The van der Waals surface area contributed by atoms with E-state index in [4.69, 9.17) is 4.74 Å². The van der Waals surface area contributed by atoms with Crippen molar-refractivity contribution in [3.05, 3.63) is 54.1 Å². The number of anilines is 1. The molecular formula is C15H12F5NO4S. The molecule has 0 bridgehead atoms. The molecule has 1 N–H and O–H groups in total. The quantitative estimate of drug-likeness (QED) is 0.521. The van der Waals surface area contributed by atoms with E-state index in [1.165, 1.54) is 30.3 Å². The molecule has 0 aromatic heterocycles. The molecule has 0 aliphatic rings. The fourth-order valence-corrected chi connectivity index (χ4v) is 2.27. The lowest BCUT2D eigenvalue weighted by Gasteiger charge is -2.39. The van der Waals surface area contributed by atoms with Gasteiger partial charge in [-0.25, -0.2) is 0 Å². The molecule has 142 valence electrons. The van der Waals surface area contributed by atoms with E-state index in [-0.39, 0.29) is 5.75 Å². The summed E-state index contributed by atoms with van der Waals surface area (Å²) in [5, 5.41) is 2.00. The summed E-state index contributed by atoms with van der Waals surface area (Å²) in [6.45, 7) is -0.606. The zero-order valence-electron chi connectivity index (χ0n) is 12.8. The van der Waals surface area contributed by atoms with Crippen molar-refractivity contribution in [1.82, 2.24) is 0 Å². The number of ether oxygens (including phenoxy) is 1. The maximum absolute atomic E-state index is 12.5. The van der Waals surface area contributed by atoms with Gasteiger partial charge in [-0.2, -0.15) is 0 Å². The molecule has 2 aromatic rings. The number of para-hydroxylation sites is 2. The molecule has 2 rings (SSSR count). The highest BCUT2D eigenvalue weighted by Gasteiger charge is 2.67. The van der Waals surface area contributed by atoms with Crippen LogP contribution in [0.5, 0.6) is 11.5 Å². The van der Waals surface area contributed by atoms with Crippen molar-refractivity contribution in [2.75, 3.05) is 11.9 Å². The number of halogens is 5.